The Morgan fingerprint density at radius 2 is 2.10 bits per heavy atom. The van der Waals surface area contributed by atoms with Crippen LogP contribution in [0.5, 0.6) is 0 Å². The molecule has 21 heavy (non-hydrogen) atoms. The molecule has 2 atom stereocenters. The second-order valence-corrected chi connectivity index (χ2v) is 6.97. The molecule has 0 aromatic carbocycles. The number of alkyl halides is 2. The number of allylic oxidation sites excluding steroid dienone is 3. The number of carbonyl (C=O) groups is 1. The Hall–Kier alpha value is -1.48. The quantitative estimate of drug-likeness (QED) is 0.608. The van der Waals surface area contributed by atoms with E-state index in [-0.39, 0.29) is 12.2 Å². The van der Waals surface area contributed by atoms with Gasteiger partial charge in [-0.15, -0.1) is 0 Å². The predicted molar refractivity (Wildman–Crippen MR) is 67.1 cm³/mol. The third kappa shape index (κ3) is 2.80. The van der Waals surface area contributed by atoms with E-state index in [0.717, 1.165) is 0 Å². The van der Waals surface area contributed by atoms with E-state index in [1.165, 1.54) is 13.0 Å². The molecule has 0 spiro atoms. The van der Waals surface area contributed by atoms with Gasteiger partial charge in [0.1, 0.15) is 5.60 Å². The minimum atomic E-state index is -5.90. The summed E-state index contributed by atoms with van der Waals surface area (Å²) in [4.78, 5) is 11.4. The lowest BCUT2D eigenvalue weighted by Crippen LogP contribution is -2.44. The number of ether oxygens (including phenoxy) is 1. The first-order valence-corrected chi connectivity index (χ1v) is 7.54. The van der Waals surface area contributed by atoms with Crippen molar-refractivity contribution in [2.45, 2.75) is 37.5 Å². The normalized spacial score (nSPS) is 29.4. The van der Waals surface area contributed by atoms with E-state index >= 15 is 0 Å². The van der Waals surface area contributed by atoms with E-state index in [1.807, 2.05) is 0 Å². The maximum Gasteiger partial charge on any atom is 0.465 e. The maximum atomic E-state index is 13.2. The molecule has 6 nitrogen and oxygen atoms in total. The van der Waals surface area contributed by atoms with Crippen molar-refractivity contribution in [2.24, 2.45) is 5.92 Å². The number of aliphatic hydroxyl groups excluding tert-OH is 1. The summed E-state index contributed by atoms with van der Waals surface area (Å²) in [5.41, 5.74) is -0.141. The van der Waals surface area contributed by atoms with Crippen LogP contribution >= 0.6 is 0 Å². The average Bonchev–Trinajstić information content (AvgIpc) is 3.04. The largest absolute Gasteiger partial charge is 0.512 e. The molecule has 1 fully saturated rings. The number of esters is 1. The summed E-state index contributed by atoms with van der Waals surface area (Å²) in [6.07, 6.45) is 1.90. The second kappa shape index (κ2) is 4.51. The topological polar surface area (TPSA) is 101 Å². The summed E-state index contributed by atoms with van der Waals surface area (Å²) in [7, 11) is -5.90. The molecule has 2 aliphatic rings. The van der Waals surface area contributed by atoms with Crippen LogP contribution in [0, 0.1) is 5.92 Å². The van der Waals surface area contributed by atoms with E-state index in [0.29, 0.717) is 17.6 Å². The van der Waals surface area contributed by atoms with Crippen LogP contribution in [0.15, 0.2) is 23.0 Å². The summed E-state index contributed by atoms with van der Waals surface area (Å²) < 4.78 is 60.6. The molecule has 2 rings (SSSR count). The van der Waals surface area contributed by atoms with E-state index in [1.54, 1.807) is 6.92 Å². The van der Waals surface area contributed by atoms with Gasteiger partial charge in [-0.25, -0.2) is 4.79 Å². The van der Waals surface area contributed by atoms with E-state index < -0.39 is 32.9 Å². The third-order valence-electron chi connectivity index (χ3n) is 3.48. The van der Waals surface area contributed by atoms with E-state index in [4.69, 9.17) is 4.55 Å². The molecular weight excluding hydrogens is 310 g/mol. The van der Waals surface area contributed by atoms with Crippen LogP contribution in [-0.2, 0) is 19.6 Å². The Bertz CT molecular complexity index is 663. The Labute approximate surface area is 119 Å². The van der Waals surface area contributed by atoms with Crippen molar-refractivity contribution in [3.63, 3.8) is 0 Å². The molecule has 9 heteroatoms. The van der Waals surface area contributed by atoms with Crippen LogP contribution in [0.1, 0.15) is 26.7 Å². The van der Waals surface area contributed by atoms with Gasteiger partial charge in [0.25, 0.3) is 0 Å². The molecule has 0 saturated heterocycles. The van der Waals surface area contributed by atoms with Crippen molar-refractivity contribution >= 4 is 16.1 Å². The number of hydrogen-bond donors (Lipinski definition) is 2. The highest BCUT2D eigenvalue weighted by Crippen LogP contribution is 2.47. The molecule has 0 aromatic rings. The van der Waals surface area contributed by atoms with Crippen LogP contribution in [0.3, 0.4) is 0 Å². The molecule has 2 unspecified atom stereocenters. The highest BCUT2D eigenvalue weighted by atomic mass is 32.2. The van der Waals surface area contributed by atoms with Crippen molar-refractivity contribution in [3.05, 3.63) is 23.0 Å². The van der Waals surface area contributed by atoms with Crippen LogP contribution in [0.25, 0.3) is 0 Å². The molecule has 0 heterocycles. The highest BCUT2D eigenvalue weighted by Gasteiger charge is 2.56. The molecule has 2 aliphatic carbocycles. The van der Waals surface area contributed by atoms with Gasteiger partial charge >= 0.3 is 21.3 Å². The zero-order valence-corrected chi connectivity index (χ0v) is 12.1. The summed E-state index contributed by atoms with van der Waals surface area (Å²) in [5, 5.41) is 4.80. The molecule has 0 radical (unpaired) electrons. The smallest absolute Gasteiger partial charge is 0.465 e. The predicted octanol–water partition coefficient (Wildman–Crippen LogP) is 1.95. The molecule has 0 aromatic heterocycles. The zero-order valence-electron chi connectivity index (χ0n) is 11.3. The number of carbonyl (C=O) groups excluding carboxylic acids is 1. The summed E-state index contributed by atoms with van der Waals surface area (Å²) >= 11 is 0. The summed E-state index contributed by atoms with van der Waals surface area (Å²) in [6.45, 7) is 2.97. The minimum Gasteiger partial charge on any atom is -0.512 e. The molecule has 1 saturated carbocycles. The van der Waals surface area contributed by atoms with Gasteiger partial charge in [-0.2, -0.15) is 17.2 Å². The molecule has 0 aliphatic heterocycles. The lowest BCUT2D eigenvalue weighted by atomic mass is 9.92. The van der Waals surface area contributed by atoms with Gasteiger partial charge in [0.05, 0.1) is 5.76 Å². The summed E-state index contributed by atoms with van der Waals surface area (Å²) in [6, 6.07) is 0. The lowest BCUT2D eigenvalue weighted by molar-refractivity contribution is -0.173. The molecular formula is C12H14F2O6S. The van der Waals surface area contributed by atoms with Crippen LogP contribution in [0.2, 0.25) is 0 Å². The average molecular weight is 324 g/mol. The van der Waals surface area contributed by atoms with E-state index in [2.05, 4.69) is 4.74 Å². The monoisotopic (exact) mass is 324 g/mol. The van der Waals surface area contributed by atoms with Gasteiger partial charge in [0.15, 0.2) is 0 Å². The van der Waals surface area contributed by atoms with Gasteiger partial charge in [0.2, 0.25) is 0 Å². The zero-order chi connectivity index (χ0) is 16.2. The Morgan fingerprint density at radius 3 is 2.62 bits per heavy atom. The van der Waals surface area contributed by atoms with Gasteiger partial charge in [-0.1, -0.05) is 6.92 Å². The highest BCUT2D eigenvalue weighted by molar-refractivity contribution is 7.87. The van der Waals surface area contributed by atoms with Crippen molar-refractivity contribution in [3.8, 4) is 0 Å². The standard InChI is InChI=1S/C12H14F2O6S/c1-6-4-11(2,5-7-3-8(7)9(6)15)20-10(16)12(13,14)21(17,18)19/h5-6,15H,3-4H2,1-2H3,(H,17,18,19). The number of aliphatic hydroxyl groups is 1. The molecule has 0 amide bonds. The van der Waals surface area contributed by atoms with Crippen LogP contribution in [-0.4, -0.2) is 34.9 Å². The molecule has 118 valence electrons. The molecule has 2 N–H and O–H groups in total. The Morgan fingerprint density at radius 1 is 1.52 bits per heavy atom. The van der Waals surface area contributed by atoms with E-state index in [9.17, 15) is 27.1 Å². The fourth-order valence-corrected chi connectivity index (χ4v) is 2.67. The fraction of sp³-hybridized carbons (Fsp3) is 0.583. The van der Waals surface area contributed by atoms with Gasteiger partial charge < -0.3 is 9.84 Å². The van der Waals surface area contributed by atoms with Gasteiger partial charge in [-0.3, -0.25) is 4.55 Å². The maximum absolute atomic E-state index is 13.2. The minimum absolute atomic E-state index is 0.0130. The van der Waals surface area contributed by atoms with Crippen LogP contribution < -0.4 is 0 Å². The Balaban J connectivity index is 2.25. The van der Waals surface area contributed by atoms with Gasteiger partial charge in [-0.05, 0) is 24.1 Å². The fourth-order valence-electron chi connectivity index (χ4n) is 2.42. The van der Waals surface area contributed by atoms with Crippen LogP contribution in [0.4, 0.5) is 8.78 Å². The van der Waals surface area contributed by atoms with Crippen molar-refractivity contribution in [2.75, 3.05) is 0 Å². The number of fused-ring (bicyclic) bond motifs is 1. The first-order chi connectivity index (χ1) is 9.37. The van der Waals surface area contributed by atoms with Crippen molar-refractivity contribution in [1.29, 1.82) is 0 Å². The second-order valence-electron chi connectivity index (χ2n) is 5.51. The van der Waals surface area contributed by atoms with Crippen molar-refractivity contribution < 1.29 is 36.4 Å². The number of halogens is 2. The first kappa shape index (κ1) is 15.9. The first-order valence-electron chi connectivity index (χ1n) is 6.10. The summed E-state index contributed by atoms with van der Waals surface area (Å²) in [5.74, 6) is -2.67. The lowest BCUT2D eigenvalue weighted by Gasteiger charge is -2.29. The third-order valence-corrected chi connectivity index (χ3v) is 4.30. The number of rotatable bonds is 3. The SMILES string of the molecule is CC1CC(C)(OC(=O)C(F)(F)S(=O)(=O)O)C=C2CC2=C1O. The Kier molecular flexibility index (Phi) is 3.41. The van der Waals surface area contributed by atoms with Crippen molar-refractivity contribution in [1.82, 2.24) is 0 Å². The number of hydrogen-bond acceptors (Lipinski definition) is 5. The molecule has 0 bridgehead atoms. The van der Waals surface area contributed by atoms with Gasteiger partial charge in [0, 0.05) is 18.8 Å².